The summed E-state index contributed by atoms with van der Waals surface area (Å²) in [5.41, 5.74) is 1.28. The smallest absolute Gasteiger partial charge is 0.0716 e. The molecule has 1 aromatic rings. The zero-order chi connectivity index (χ0) is 13.0. The maximum Gasteiger partial charge on any atom is 0.0716 e. The van der Waals surface area contributed by atoms with Gasteiger partial charge >= 0.3 is 0 Å². The normalized spacial score (nSPS) is 25.3. The average molecular weight is 269 g/mol. The Bertz CT molecular complexity index is 369. The molecule has 0 amide bonds. The molecular weight excluding hydrogens is 248 g/mol. The lowest BCUT2D eigenvalue weighted by Gasteiger charge is -2.19. The minimum atomic E-state index is -0.208. The summed E-state index contributed by atoms with van der Waals surface area (Å²) < 4.78 is 0. The molecule has 3 unspecified atom stereocenters. The Balaban J connectivity index is 1.74. The number of aliphatic hydroxyl groups excluding tert-OH is 1. The number of hydrogen-bond acceptors (Lipinski definition) is 3. The minimum Gasteiger partial charge on any atom is -0.391 e. The van der Waals surface area contributed by atoms with Gasteiger partial charge in [0.1, 0.15) is 0 Å². The predicted octanol–water partition coefficient (Wildman–Crippen LogP) is 1.44. The Morgan fingerprint density at radius 1 is 1.39 bits per heavy atom. The summed E-state index contributed by atoms with van der Waals surface area (Å²) in [5, 5.41) is 17.2. The predicted molar refractivity (Wildman–Crippen MR) is 75.0 cm³/mol. The summed E-state index contributed by atoms with van der Waals surface area (Å²) in [7, 11) is 0. The van der Waals surface area contributed by atoms with Gasteiger partial charge in [0.15, 0.2) is 0 Å². The lowest BCUT2D eigenvalue weighted by atomic mass is 10.0. The summed E-state index contributed by atoms with van der Waals surface area (Å²) in [6, 6.07) is 8.38. The van der Waals surface area contributed by atoms with Gasteiger partial charge in [0.05, 0.1) is 6.10 Å². The van der Waals surface area contributed by atoms with Crippen LogP contribution in [0.1, 0.15) is 12.5 Å². The molecule has 1 heterocycles. The standard InChI is InChI=1S/C14H21ClN2O/c1-10(6-11-2-4-13(15)5-3-11)17-8-12-7-16-9-14(12)18/h2-5,10,12,14,16-18H,6-9H2,1H3. The van der Waals surface area contributed by atoms with Crippen LogP contribution in [0.5, 0.6) is 0 Å². The number of hydrogen-bond donors (Lipinski definition) is 3. The fourth-order valence-corrected chi connectivity index (χ4v) is 2.45. The number of rotatable bonds is 5. The molecule has 0 aliphatic carbocycles. The molecular formula is C14H21ClN2O. The van der Waals surface area contributed by atoms with Crippen molar-refractivity contribution >= 4 is 11.6 Å². The molecule has 1 aromatic carbocycles. The molecule has 0 saturated carbocycles. The van der Waals surface area contributed by atoms with E-state index in [4.69, 9.17) is 11.6 Å². The molecule has 0 bridgehead atoms. The van der Waals surface area contributed by atoms with Crippen LogP contribution in [-0.2, 0) is 6.42 Å². The number of nitrogens with one attached hydrogen (secondary N) is 2. The van der Waals surface area contributed by atoms with Crippen molar-refractivity contribution < 1.29 is 5.11 Å². The van der Waals surface area contributed by atoms with E-state index in [0.717, 1.165) is 31.1 Å². The zero-order valence-corrected chi connectivity index (χ0v) is 11.5. The zero-order valence-electron chi connectivity index (χ0n) is 10.7. The Hall–Kier alpha value is -0.610. The Morgan fingerprint density at radius 3 is 2.72 bits per heavy atom. The van der Waals surface area contributed by atoms with E-state index in [9.17, 15) is 5.11 Å². The Labute approximate surface area is 114 Å². The molecule has 2 rings (SSSR count). The van der Waals surface area contributed by atoms with Crippen molar-refractivity contribution in [2.75, 3.05) is 19.6 Å². The average Bonchev–Trinajstić information content (AvgIpc) is 2.75. The molecule has 0 radical (unpaired) electrons. The number of benzene rings is 1. The van der Waals surface area contributed by atoms with Gasteiger partial charge in [-0.25, -0.2) is 0 Å². The third-order valence-corrected chi connectivity index (χ3v) is 3.74. The van der Waals surface area contributed by atoms with Crippen molar-refractivity contribution in [2.24, 2.45) is 5.92 Å². The van der Waals surface area contributed by atoms with E-state index < -0.39 is 0 Å². The minimum absolute atomic E-state index is 0.208. The topological polar surface area (TPSA) is 44.3 Å². The molecule has 18 heavy (non-hydrogen) atoms. The third-order valence-electron chi connectivity index (χ3n) is 3.49. The summed E-state index contributed by atoms with van der Waals surface area (Å²) in [6.07, 6.45) is 0.771. The van der Waals surface area contributed by atoms with Gasteiger partial charge in [0.2, 0.25) is 0 Å². The quantitative estimate of drug-likeness (QED) is 0.757. The molecule has 3 N–H and O–H groups in total. The molecule has 1 aliphatic heterocycles. The Kier molecular flexibility index (Phi) is 5.01. The molecule has 0 aromatic heterocycles. The van der Waals surface area contributed by atoms with E-state index in [0.29, 0.717) is 12.0 Å². The number of halogens is 1. The van der Waals surface area contributed by atoms with Crippen LogP contribution >= 0.6 is 11.6 Å². The number of aliphatic hydroxyl groups is 1. The van der Waals surface area contributed by atoms with Gasteiger partial charge < -0.3 is 15.7 Å². The molecule has 3 nitrogen and oxygen atoms in total. The highest BCUT2D eigenvalue weighted by atomic mass is 35.5. The van der Waals surface area contributed by atoms with Crippen LogP contribution < -0.4 is 10.6 Å². The van der Waals surface area contributed by atoms with Crippen molar-refractivity contribution in [1.29, 1.82) is 0 Å². The SMILES string of the molecule is CC(Cc1ccc(Cl)cc1)NCC1CNCC1O. The fourth-order valence-electron chi connectivity index (χ4n) is 2.33. The highest BCUT2D eigenvalue weighted by Crippen LogP contribution is 2.12. The maximum absolute atomic E-state index is 9.70. The second-order valence-corrected chi connectivity index (χ2v) is 5.56. The van der Waals surface area contributed by atoms with Crippen molar-refractivity contribution in [1.82, 2.24) is 10.6 Å². The lowest BCUT2D eigenvalue weighted by Crippen LogP contribution is -2.36. The van der Waals surface area contributed by atoms with Crippen LogP contribution in [0, 0.1) is 5.92 Å². The maximum atomic E-state index is 9.70. The van der Waals surface area contributed by atoms with E-state index in [1.165, 1.54) is 5.56 Å². The van der Waals surface area contributed by atoms with Crippen LogP contribution in [0.2, 0.25) is 5.02 Å². The summed E-state index contributed by atoms with van der Waals surface area (Å²) in [4.78, 5) is 0. The van der Waals surface area contributed by atoms with Gasteiger partial charge in [-0.15, -0.1) is 0 Å². The first kappa shape index (κ1) is 13.8. The second kappa shape index (κ2) is 6.53. The summed E-state index contributed by atoms with van der Waals surface area (Å²) >= 11 is 5.86. The van der Waals surface area contributed by atoms with Gasteiger partial charge in [-0.1, -0.05) is 23.7 Å². The number of β-amino-alcohol motifs (C(OH)–C–C–N with tert-alkyl or cyclic N) is 1. The van der Waals surface area contributed by atoms with Crippen molar-refractivity contribution in [3.05, 3.63) is 34.9 Å². The van der Waals surface area contributed by atoms with E-state index >= 15 is 0 Å². The molecule has 1 saturated heterocycles. The fraction of sp³-hybridized carbons (Fsp3) is 0.571. The highest BCUT2D eigenvalue weighted by molar-refractivity contribution is 6.30. The first-order valence-electron chi connectivity index (χ1n) is 6.52. The summed E-state index contributed by atoms with van der Waals surface area (Å²) in [6.45, 7) is 4.66. The van der Waals surface area contributed by atoms with E-state index in [1.54, 1.807) is 0 Å². The first-order valence-corrected chi connectivity index (χ1v) is 6.89. The molecule has 100 valence electrons. The van der Waals surface area contributed by atoms with Crippen LogP contribution in [-0.4, -0.2) is 36.9 Å². The van der Waals surface area contributed by atoms with Gasteiger partial charge in [-0.05, 0) is 31.0 Å². The highest BCUT2D eigenvalue weighted by Gasteiger charge is 2.24. The van der Waals surface area contributed by atoms with Crippen LogP contribution in [0.3, 0.4) is 0 Å². The van der Waals surface area contributed by atoms with Crippen molar-refractivity contribution in [2.45, 2.75) is 25.5 Å². The van der Waals surface area contributed by atoms with Gasteiger partial charge in [0, 0.05) is 36.6 Å². The monoisotopic (exact) mass is 268 g/mol. The van der Waals surface area contributed by atoms with E-state index in [2.05, 4.69) is 29.7 Å². The van der Waals surface area contributed by atoms with Crippen molar-refractivity contribution in [3.63, 3.8) is 0 Å². The summed E-state index contributed by atoms with van der Waals surface area (Å²) in [5.74, 6) is 0.331. The Morgan fingerprint density at radius 2 is 2.11 bits per heavy atom. The molecule has 4 heteroatoms. The molecule has 0 spiro atoms. The van der Waals surface area contributed by atoms with Gasteiger partial charge in [-0.3, -0.25) is 0 Å². The largest absolute Gasteiger partial charge is 0.391 e. The van der Waals surface area contributed by atoms with Gasteiger partial charge in [-0.2, -0.15) is 0 Å². The van der Waals surface area contributed by atoms with E-state index in [-0.39, 0.29) is 6.10 Å². The molecule has 1 fully saturated rings. The van der Waals surface area contributed by atoms with E-state index in [1.807, 2.05) is 12.1 Å². The van der Waals surface area contributed by atoms with Crippen LogP contribution in [0.15, 0.2) is 24.3 Å². The van der Waals surface area contributed by atoms with Crippen LogP contribution in [0.4, 0.5) is 0 Å². The van der Waals surface area contributed by atoms with Gasteiger partial charge in [0.25, 0.3) is 0 Å². The lowest BCUT2D eigenvalue weighted by molar-refractivity contribution is 0.145. The van der Waals surface area contributed by atoms with Crippen molar-refractivity contribution in [3.8, 4) is 0 Å². The first-order chi connectivity index (χ1) is 8.65. The second-order valence-electron chi connectivity index (χ2n) is 5.13. The molecule has 3 atom stereocenters. The molecule has 1 aliphatic rings. The van der Waals surface area contributed by atoms with Crippen LogP contribution in [0.25, 0.3) is 0 Å². The third kappa shape index (κ3) is 3.95.